The lowest BCUT2D eigenvalue weighted by Crippen LogP contribution is -2.03. The van der Waals surface area contributed by atoms with Gasteiger partial charge in [0.05, 0.1) is 17.3 Å². The van der Waals surface area contributed by atoms with Gasteiger partial charge in [0.2, 0.25) is 0 Å². The number of hydrogen-bond acceptors (Lipinski definition) is 3. The number of rotatable bonds is 6. The molecule has 0 aromatic heterocycles. The maximum Gasteiger partial charge on any atom is 0.174 e. The van der Waals surface area contributed by atoms with Crippen molar-refractivity contribution in [3.8, 4) is 11.5 Å². The van der Waals surface area contributed by atoms with E-state index in [-0.39, 0.29) is 0 Å². The number of nitrogens with one attached hydrogen (secondary N) is 1. The molecule has 0 heterocycles. The summed E-state index contributed by atoms with van der Waals surface area (Å²) in [4.78, 5) is 0. The Morgan fingerprint density at radius 1 is 1.09 bits per heavy atom. The van der Waals surface area contributed by atoms with Crippen LogP contribution in [0, 0.1) is 17.4 Å². The van der Waals surface area contributed by atoms with Crippen molar-refractivity contribution in [2.75, 3.05) is 19.0 Å². The summed E-state index contributed by atoms with van der Waals surface area (Å²) >= 11 is 2.29. The van der Waals surface area contributed by atoms with Gasteiger partial charge in [-0.3, -0.25) is 0 Å². The first-order chi connectivity index (χ1) is 10.5. The molecule has 1 N–H and O–H groups in total. The Morgan fingerprint density at radius 2 is 1.86 bits per heavy atom. The number of ether oxygens (including phenoxy) is 2. The number of hydrogen-bond donors (Lipinski definition) is 1. The summed E-state index contributed by atoms with van der Waals surface area (Å²) in [5, 5.41) is 3.46. The fraction of sp³-hybridized carbons (Fsp3) is 0.333. The average molecular weight is 411 g/mol. The molecule has 4 heteroatoms. The first-order valence-electron chi connectivity index (χ1n) is 7.35. The molecule has 0 saturated heterocycles. The van der Waals surface area contributed by atoms with Crippen LogP contribution in [0.1, 0.15) is 23.6 Å². The highest BCUT2D eigenvalue weighted by Crippen LogP contribution is 2.34. The van der Waals surface area contributed by atoms with Crippen LogP contribution in [0.25, 0.3) is 0 Å². The van der Waals surface area contributed by atoms with Crippen molar-refractivity contribution >= 4 is 28.3 Å². The highest BCUT2D eigenvalue weighted by molar-refractivity contribution is 14.1. The first kappa shape index (κ1) is 16.9. The number of methoxy groups -OCH3 is 1. The van der Waals surface area contributed by atoms with Crippen LogP contribution >= 0.6 is 22.6 Å². The lowest BCUT2D eigenvalue weighted by atomic mass is 10.1. The second-order valence-electron chi connectivity index (χ2n) is 5.19. The molecule has 0 fully saturated rings. The van der Waals surface area contributed by atoms with Crippen LogP contribution in [-0.4, -0.2) is 13.7 Å². The number of benzene rings is 2. The lowest BCUT2D eigenvalue weighted by molar-refractivity contribution is 0.308. The van der Waals surface area contributed by atoms with Crippen LogP contribution in [0.4, 0.5) is 5.69 Å². The third kappa shape index (κ3) is 4.06. The number of halogens is 1. The fourth-order valence-electron chi connectivity index (χ4n) is 2.22. The Labute approximate surface area is 146 Å². The van der Waals surface area contributed by atoms with Crippen LogP contribution in [0.2, 0.25) is 0 Å². The van der Waals surface area contributed by atoms with E-state index in [4.69, 9.17) is 9.47 Å². The Kier molecular flexibility index (Phi) is 5.94. The Balaban J connectivity index is 2.15. The summed E-state index contributed by atoms with van der Waals surface area (Å²) < 4.78 is 12.2. The van der Waals surface area contributed by atoms with Gasteiger partial charge in [-0.25, -0.2) is 0 Å². The maximum atomic E-state index is 5.65. The van der Waals surface area contributed by atoms with Crippen molar-refractivity contribution in [1.29, 1.82) is 0 Å². The molecule has 2 rings (SSSR count). The van der Waals surface area contributed by atoms with Crippen molar-refractivity contribution in [2.45, 2.75) is 27.3 Å². The van der Waals surface area contributed by atoms with Gasteiger partial charge in [0.25, 0.3) is 0 Å². The van der Waals surface area contributed by atoms with Crippen molar-refractivity contribution in [2.24, 2.45) is 0 Å². The molecular formula is C18H22INO2. The minimum Gasteiger partial charge on any atom is -0.493 e. The molecule has 0 aliphatic heterocycles. The SMILES string of the molecule is CCOc1c(I)cc(CNc2ccc(C)c(C)c2)cc1OC. The van der Waals surface area contributed by atoms with Gasteiger partial charge in [0.1, 0.15) is 0 Å². The van der Waals surface area contributed by atoms with E-state index in [9.17, 15) is 0 Å². The van der Waals surface area contributed by atoms with E-state index in [1.165, 1.54) is 16.7 Å². The van der Waals surface area contributed by atoms with Gasteiger partial charge >= 0.3 is 0 Å². The summed E-state index contributed by atoms with van der Waals surface area (Å²) in [6, 6.07) is 10.6. The zero-order valence-electron chi connectivity index (χ0n) is 13.5. The van der Waals surface area contributed by atoms with Crippen LogP contribution in [0.3, 0.4) is 0 Å². The lowest BCUT2D eigenvalue weighted by Gasteiger charge is -2.14. The highest BCUT2D eigenvalue weighted by atomic mass is 127. The van der Waals surface area contributed by atoms with Gasteiger partial charge in [-0.1, -0.05) is 6.07 Å². The zero-order chi connectivity index (χ0) is 16.1. The van der Waals surface area contributed by atoms with Gasteiger partial charge < -0.3 is 14.8 Å². The molecule has 22 heavy (non-hydrogen) atoms. The summed E-state index contributed by atoms with van der Waals surface area (Å²) in [5.41, 5.74) is 4.90. The Bertz CT molecular complexity index is 656. The highest BCUT2D eigenvalue weighted by Gasteiger charge is 2.11. The summed E-state index contributed by atoms with van der Waals surface area (Å²) in [6.07, 6.45) is 0. The monoisotopic (exact) mass is 411 g/mol. The second-order valence-corrected chi connectivity index (χ2v) is 6.36. The molecule has 118 valence electrons. The molecule has 0 bridgehead atoms. The molecule has 0 spiro atoms. The predicted octanol–water partition coefficient (Wildman–Crippen LogP) is 4.93. The standard InChI is InChI=1S/C18H22INO2/c1-5-22-18-16(19)9-14(10-17(18)21-4)11-20-15-7-6-12(2)13(3)8-15/h6-10,20H,5,11H2,1-4H3. The van der Waals surface area contributed by atoms with E-state index >= 15 is 0 Å². The van der Waals surface area contributed by atoms with Crippen LogP contribution < -0.4 is 14.8 Å². The van der Waals surface area contributed by atoms with Gasteiger partial charge in [0.15, 0.2) is 11.5 Å². The van der Waals surface area contributed by atoms with E-state index in [2.05, 4.69) is 66.0 Å². The van der Waals surface area contributed by atoms with E-state index in [0.717, 1.165) is 27.3 Å². The van der Waals surface area contributed by atoms with Crippen LogP contribution in [0.5, 0.6) is 11.5 Å². The minimum atomic E-state index is 0.632. The number of anilines is 1. The molecular weight excluding hydrogens is 389 g/mol. The molecule has 0 amide bonds. The van der Waals surface area contributed by atoms with Crippen molar-refractivity contribution in [3.05, 3.63) is 50.6 Å². The summed E-state index contributed by atoms with van der Waals surface area (Å²) in [6.45, 7) is 7.61. The number of aryl methyl sites for hydroxylation is 2. The van der Waals surface area contributed by atoms with E-state index in [0.29, 0.717) is 6.61 Å². The van der Waals surface area contributed by atoms with Gasteiger partial charge in [-0.15, -0.1) is 0 Å². The predicted molar refractivity (Wildman–Crippen MR) is 100 cm³/mol. The zero-order valence-corrected chi connectivity index (χ0v) is 15.7. The minimum absolute atomic E-state index is 0.632. The molecule has 0 aliphatic rings. The molecule has 0 radical (unpaired) electrons. The van der Waals surface area contributed by atoms with Crippen molar-refractivity contribution in [3.63, 3.8) is 0 Å². The second kappa shape index (κ2) is 7.72. The smallest absolute Gasteiger partial charge is 0.174 e. The van der Waals surface area contributed by atoms with E-state index in [1.54, 1.807) is 7.11 Å². The first-order valence-corrected chi connectivity index (χ1v) is 8.43. The van der Waals surface area contributed by atoms with E-state index < -0.39 is 0 Å². The quantitative estimate of drug-likeness (QED) is 0.684. The van der Waals surface area contributed by atoms with Crippen molar-refractivity contribution in [1.82, 2.24) is 0 Å². The summed E-state index contributed by atoms with van der Waals surface area (Å²) in [5.74, 6) is 1.60. The Hall–Kier alpha value is -1.43. The van der Waals surface area contributed by atoms with Crippen molar-refractivity contribution < 1.29 is 9.47 Å². The molecule has 0 saturated carbocycles. The maximum absolute atomic E-state index is 5.65. The van der Waals surface area contributed by atoms with Crippen LogP contribution in [0.15, 0.2) is 30.3 Å². The fourth-order valence-corrected chi connectivity index (χ4v) is 3.04. The third-order valence-corrected chi connectivity index (χ3v) is 4.38. The molecule has 0 aliphatic carbocycles. The van der Waals surface area contributed by atoms with E-state index in [1.807, 2.05) is 13.0 Å². The molecule has 3 nitrogen and oxygen atoms in total. The largest absolute Gasteiger partial charge is 0.493 e. The summed E-state index contributed by atoms with van der Waals surface area (Å²) in [7, 11) is 1.68. The molecule has 2 aromatic rings. The third-order valence-electron chi connectivity index (χ3n) is 3.58. The van der Waals surface area contributed by atoms with Gasteiger partial charge in [0, 0.05) is 12.2 Å². The molecule has 0 unspecified atom stereocenters. The molecule has 2 aromatic carbocycles. The Morgan fingerprint density at radius 3 is 2.50 bits per heavy atom. The van der Waals surface area contributed by atoms with Gasteiger partial charge in [-0.05, 0) is 84.3 Å². The average Bonchev–Trinajstić information content (AvgIpc) is 2.50. The van der Waals surface area contributed by atoms with Crippen LogP contribution in [-0.2, 0) is 6.54 Å². The topological polar surface area (TPSA) is 30.5 Å². The molecule has 0 atom stereocenters. The normalized spacial score (nSPS) is 10.4. The van der Waals surface area contributed by atoms with Gasteiger partial charge in [-0.2, -0.15) is 0 Å².